The molecule has 0 aliphatic rings. The number of pyridine rings is 1. The van der Waals surface area contributed by atoms with E-state index in [0.717, 1.165) is 52.4 Å². The van der Waals surface area contributed by atoms with Gasteiger partial charge >= 0.3 is 0 Å². The van der Waals surface area contributed by atoms with Crippen molar-refractivity contribution in [3.8, 4) is 11.4 Å². The molecule has 0 aliphatic carbocycles. The third kappa shape index (κ3) is 3.82. The van der Waals surface area contributed by atoms with Crippen LogP contribution in [0, 0.1) is 0 Å². The summed E-state index contributed by atoms with van der Waals surface area (Å²) in [6.45, 7) is 5.04. The monoisotopic (exact) mass is 405 g/mol. The maximum absolute atomic E-state index is 12.9. The molecule has 3 heterocycles. The van der Waals surface area contributed by atoms with Crippen molar-refractivity contribution in [3.05, 3.63) is 60.0 Å². The lowest BCUT2D eigenvalue weighted by Gasteiger charge is -2.08. The van der Waals surface area contributed by atoms with Crippen LogP contribution in [0.2, 0.25) is 0 Å². The number of hydrogen-bond acceptors (Lipinski definition) is 5. The fourth-order valence-corrected chi connectivity index (χ4v) is 4.33. The van der Waals surface area contributed by atoms with E-state index in [2.05, 4.69) is 44.6 Å². The van der Waals surface area contributed by atoms with Gasteiger partial charge in [-0.05, 0) is 30.5 Å². The number of nitrogens with zero attached hydrogens (tertiary/aromatic N) is 4. The number of aryl methyl sites for hydroxylation is 1. The number of carbonyl (C=O) groups is 1. The highest BCUT2D eigenvalue weighted by atomic mass is 32.2. The number of fused-ring (bicyclic) bond motifs is 1. The van der Waals surface area contributed by atoms with E-state index in [4.69, 9.17) is 0 Å². The molecule has 6 nitrogen and oxygen atoms in total. The normalized spacial score (nSPS) is 11.2. The summed E-state index contributed by atoms with van der Waals surface area (Å²) < 4.78 is 2.08. The van der Waals surface area contributed by atoms with Gasteiger partial charge in [0, 0.05) is 47.2 Å². The number of rotatable bonds is 8. The number of benzene rings is 1. The van der Waals surface area contributed by atoms with Crippen LogP contribution in [0.15, 0.2) is 54.1 Å². The predicted octanol–water partition coefficient (Wildman–Crippen LogP) is 4.77. The van der Waals surface area contributed by atoms with Gasteiger partial charge < -0.3 is 9.55 Å². The molecule has 0 fully saturated rings. The standard InChI is InChI=1S/C22H23N5OS/c1-3-12-27-21(16-8-10-23-11-9-16)25-26-22(27)29-14-19(28)18-13-24-20-15(4-2)6-5-7-17(18)20/h5-11,13,24H,3-4,12,14H2,1-2H3. The molecule has 0 aliphatic heterocycles. The lowest BCUT2D eigenvalue weighted by molar-refractivity contribution is 0.102. The zero-order chi connectivity index (χ0) is 20.2. The number of carbonyl (C=O) groups excluding carboxylic acids is 1. The van der Waals surface area contributed by atoms with Gasteiger partial charge in [0.2, 0.25) is 0 Å². The molecule has 0 unspecified atom stereocenters. The van der Waals surface area contributed by atoms with Crippen LogP contribution >= 0.6 is 11.8 Å². The van der Waals surface area contributed by atoms with Crippen LogP contribution in [0.3, 0.4) is 0 Å². The minimum Gasteiger partial charge on any atom is -0.360 e. The van der Waals surface area contributed by atoms with Crippen molar-refractivity contribution in [2.24, 2.45) is 0 Å². The van der Waals surface area contributed by atoms with Crippen molar-refractivity contribution in [1.29, 1.82) is 0 Å². The molecule has 7 heteroatoms. The fourth-order valence-electron chi connectivity index (χ4n) is 3.49. The van der Waals surface area contributed by atoms with Gasteiger partial charge in [0.05, 0.1) is 5.75 Å². The van der Waals surface area contributed by atoms with Crippen LogP contribution in [0.1, 0.15) is 36.2 Å². The summed E-state index contributed by atoms with van der Waals surface area (Å²) in [4.78, 5) is 20.3. The lowest BCUT2D eigenvalue weighted by atomic mass is 10.1. The minimum absolute atomic E-state index is 0.0889. The van der Waals surface area contributed by atoms with Crippen molar-refractivity contribution in [1.82, 2.24) is 24.7 Å². The van der Waals surface area contributed by atoms with E-state index in [1.807, 2.05) is 30.5 Å². The Morgan fingerprint density at radius 2 is 1.97 bits per heavy atom. The molecule has 4 rings (SSSR count). The average molecular weight is 406 g/mol. The van der Waals surface area contributed by atoms with E-state index in [9.17, 15) is 4.79 Å². The largest absolute Gasteiger partial charge is 0.360 e. The zero-order valence-electron chi connectivity index (χ0n) is 16.6. The van der Waals surface area contributed by atoms with E-state index in [1.54, 1.807) is 12.4 Å². The van der Waals surface area contributed by atoms with Crippen molar-refractivity contribution in [3.63, 3.8) is 0 Å². The topological polar surface area (TPSA) is 76.5 Å². The van der Waals surface area contributed by atoms with E-state index in [1.165, 1.54) is 17.3 Å². The maximum Gasteiger partial charge on any atom is 0.191 e. The van der Waals surface area contributed by atoms with Gasteiger partial charge in [-0.25, -0.2) is 0 Å². The number of nitrogens with one attached hydrogen (secondary N) is 1. The molecule has 3 aromatic heterocycles. The van der Waals surface area contributed by atoms with Crippen LogP contribution in [-0.2, 0) is 13.0 Å². The molecule has 0 saturated heterocycles. The number of thioether (sulfide) groups is 1. The van der Waals surface area contributed by atoms with Gasteiger partial charge in [-0.3, -0.25) is 9.78 Å². The van der Waals surface area contributed by atoms with Crippen molar-refractivity contribution < 1.29 is 4.79 Å². The van der Waals surface area contributed by atoms with E-state index in [-0.39, 0.29) is 5.78 Å². The van der Waals surface area contributed by atoms with Gasteiger partial charge in [0.15, 0.2) is 16.8 Å². The lowest BCUT2D eigenvalue weighted by Crippen LogP contribution is -2.05. The summed E-state index contributed by atoms with van der Waals surface area (Å²) in [5.74, 6) is 1.22. The summed E-state index contributed by atoms with van der Waals surface area (Å²) in [7, 11) is 0. The third-order valence-corrected chi connectivity index (χ3v) is 5.88. The first-order valence-corrected chi connectivity index (χ1v) is 10.8. The molecule has 0 bridgehead atoms. The molecule has 0 saturated carbocycles. The number of ketones is 1. The van der Waals surface area contributed by atoms with E-state index in [0.29, 0.717) is 5.75 Å². The Labute approximate surface area is 173 Å². The van der Waals surface area contributed by atoms with Crippen LogP contribution in [0.5, 0.6) is 0 Å². The van der Waals surface area contributed by atoms with Gasteiger partial charge in [-0.2, -0.15) is 0 Å². The second-order valence-electron chi connectivity index (χ2n) is 6.80. The van der Waals surface area contributed by atoms with Gasteiger partial charge in [0.1, 0.15) is 0 Å². The summed E-state index contributed by atoms with van der Waals surface area (Å²) in [5, 5.41) is 10.5. The molecular formula is C22H23N5OS. The quantitative estimate of drug-likeness (QED) is 0.338. The number of hydrogen-bond donors (Lipinski definition) is 1. The SMILES string of the molecule is CCCn1c(SCC(=O)c2c[nH]c3c(CC)cccc23)nnc1-c1ccncc1. The van der Waals surface area contributed by atoms with Gasteiger partial charge in [0.25, 0.3) is 0 Å². The molecule has 0 atom stereocenters. The summed E-state index contributed by atoms with van der Waals surface area (Å²) in [5.41, 5.74) is 3.98. The zero-order valence-corrected chi connectivity index (χ0v) is 17.4. The Morgan fingerprint density at radius 3 is 2.72 bits per heavy atom. The minimum atomic E-state index is 0.0889. The molecule has 1 aromatic carbocycles. The molecular weight excluding hydrogens is 382 g/mol. The first-order chi connectivity index (χ1) is 14.2. The molecule has 0 spiro atoms. The summed E-state index contributed by atoms with van der Waals surface area (Å²) in [6, 6.07) is 9.96. The number of aromatic amines is 1. The molecule has 4 aromatic rings. The number of Topliss-reactive ketones (excluding diaryl/α,β-unsaturated/α-hetero) is 1. The second-order valence-corrected chi connectivity index (χ2v) is 7.74. The number of H-pyrrole nitrogens is 1. The molecule has 148 valence electrons. The number of aromatic nitrogens is 5. The Balaban J connectivity index is 1.56. The predicted molar refractivity (Wildman–Crippen MR) is 116 cm³/mol. The van der Waals surface area contributed by atoms with Crippen LogP contribution < -0.4 is 0 Å². The Hall–Kier alpha value is -2.93. The van der Waals surface area contributed by atoms with Gasteiger partial charge in [-0.1, -0.05) is 43.8 Å². The maximum atomic E-state index is 12.9. The fraction of sp³-hybridized carbons (Fsp3) is 0.273. The smallest absolute Gasteiger partial charge is 0.191 e. The highest BCUT2D eigenvalue weighted by Gasteiger charge is 2.18. The first kappa shape index (κ1) is 19.4. The van der Waals surface area contributed by atoms with Crippen molar-refractivity contribution in [2.45, 2.75) is 38.4 Å². The first-order valence-electron chi connectivity index (χ1n) is 9.81. The number of para-hydroxylation sites is 1. The Kier molecular flexibility index (Phi) is 5.76. The highest BCUT2D eigenvalue weighted by Crippen LogP contribution is 2.27. The third-order valence-electron chi connectivity index (χ3n) is 4.92. The van der Waals surface area contributed by atoms with Crippen LogP contribution in [0.4, 0.5) is 0 Å². The van der Waals surface area contributed by atoms with E-state index < -0.39 is 0 Å². The Bertz CT molecular complexity index is 1130. The van der Waals surface area contributed by atoms with Crippen molar-refractivity contribution in [2.75, 3.05) is 5.75 Å². The molecule has 1 N–H and O–H groups in total. The average Bonchev–Trinajstić information content (AvgIpc) is 3.37. The molecule has 0 radical (unpaired) electrons. The van der Waals surface area contributed by atoms with Crippen molar-refractivity contribution >= 4 is 28.4 Å². The highest BCUT2D eigenvalue weighted by molar-refractivity contribution is 7.99. The van der Waals surface area contributed by atoms with Crippen LogP contribution in [-0.4, -0.2) is 36.3 Å². The van der Waals surface area contributed by atoms with Gasteiger partial charge in [-0.15, -0.1) is 10.2 Å². The van der Waals surface area contributed by atoms with Crippen LogP contribution in [0.25, 0.3) is 22.3 Å². The Morgan fingerprint density at radius 1 is 1.14 bits per heavy atom. The van der Waals surface area contributed by atoms with E-state index >= 15 is 0 Å². The molecule has 29 heavy (non-hydrogen) atoms. The summed E-state index contributed by atoms with van der Waals surface area (Å²) >= 11 is 1.44. The summed E-state index contributed by atoms with van der Waals surface area (Å²) in [6.07, 6.45) is 7.21. The molecule has 0 amide bonds. The second kappa shape index (κ2) is 8.61.